The number of hydrogen-bond acceptors (Lipinski definition) is 5. The van der Waals surface area contributed by atoms with E-state index in [0.717, 1.165) is 12.0 Å². The normalized spacial score (nSPS) is 14.8. The van der Waals surface area contributed by atoms with E-state index in [1.807, 2.05) is 30.3 Å². The molecule has 1 fully saturated rings. The predicted octanol–water partition coefficient (Wildman–Crippen LogP) is 0.970. The molecule has 7 nitrogen and oxygen atoms in total. The van der Waals surface area contributed by atoms with Crippen molar-refractivity contribution in [2.45, 2.75) is 12.8 Å². The van der Waals surface area contributed by atoms with Gasteiger partial charge >= 0.3 is 0 Å². The van der Waals surface area contributed by atoms with Crippen LogP contribution in [0.4, 0.5) is 0 Å². The van der Waals surface area contributed by atoms with Gasteiger partial charge in [-0.25, -0.2) is 0 Å². The zero-order valence-electron chi connectivity index (χ0n) is 12.7. The Morgan fingerprint density at radius 1 is 1.17 bits per heavy atom. The van der Waals surface area contributed by atoms with Crippen LogP contribution in [0.5, 0.6) is 0 Å². The third-order valence-corrected chi connectivity index (χ3v) is 3.87. The summed E-state index contributed by atoms with van der Waals surface area (Å²) in [5.74, 6) is 1.05. The molecule has 0 unspecified atom stereocenters. The molecule has 23 heavy (non-hydrogen) atoms. The van der Waals surface area contributed by atoms with E-state index in [0.29, 0.717) is 50.7 Å². The Morgan fingerprint density at radius 2 is 1.91 bits per heavy atom. The molecule has 1 aromatic heterocycles. The molecule has 0 N–H and O–H groups in total. The quantitative estimate of drug-likeness (QED) is 0.768. The van der Waals surface area contributed by atoms with Crippen LogP contribution < -0.4 is 0 Å². The molecule has 1 saturated heterocycles. The molecule has 0 atom stereocenters. The zero-order chi connectivity index (χ0) is 16.1. The van der Waals surface area contributed by atoms with Gasteiger partial charge in [0.05, 0.1) is 0 Å². The second kappa shape index (κ2) is 7.04. The van der Waals surface area contributed by atoms with Crippen molar-refractivity contribution < 1.29 is 14.1 Å². The van der Waals surface area contributed by atoms with Crippen LogP contribution in [0.1, 0.15) is 12.3 Å². The molecule has 1 aromatic carbocycles. The number of piperazine rings is 1. The number of aromatic nitrogens is 2. The molecule has 2 aromatic rings. The van der Waals surface area contributed by atoms with E-state index in [-0.39, 0.29) is 5.91 Å². The average molecular weight is 314 g/mol. The van der Waals surface area contributed by atoms with Crippen molar-refractivity contribution in [1.82, 2.24) is 19.9 Å². The summed E-state index contributed by atoms with van der Waals surface area (Å²) in [4.78, 5) is 30.6. The number of hydrogen-bond donors (Lipinski definition) is 0. The lowest BCUT2D eigenvalue weighted by molar-refractivity contribution is -0.135. The molecule has 1 aliphatic heterocycles. The summed E-state index contributed by atoms with van der Waals surface area (Å²) >= 11 is 0. The van der Waals surface area contributed by atoms with Gasteiger partial charge in [0, 0.05) is 44.6 Å². The fourth-order valence-electron chi connectivity index (χ4n) is 2.51. The number of rotatable bonds is 5. The Balaban J connectivity index is 1.52. The fourth-order valence-corrected chi connectivity index (χ4v) is 2.51. The van der Waals surface area contributed by atoms with E-state index >= 15 is 0 Å². The maximum atomic E-state index is 12.2. The molecule has 0 radical (unpaired) electrons. The lowest BCUT2D eigenvalue weighted by atomic mass is 10.2. The molecular weight excluding hydrogens is 296 g/mol. The Morgan fingerprint density at radius 3 is 2.61 bits per heavy atom. The van der Waals surface area contributed by atoms with Gasteiger partial charge in [0.15, 0.2) is 0 Å². The van der Waals surface area contributed by atoms with Crippen molar-refractivity contribution in [1.29, 1.82) is 0 Å². The average Bonchev–Trinajstić information content (AvgIpc) is 3.09. The van der Waals surface area contributed by atoms with Gasteiger partial charge in [0.25, 0.3) is 0 Å². The molecule has 120 valence electrons. The zero-order valence-corrected chi connectivity index (χ0v) is 12.7. The van der Waals surface area contributed by atoms with Gasteiger partial charge in [-0.3, -0.25) is 9.59 Å². The summed E-state index contributed by atoms with van der Waals surface area (Å²) in [5.41, 5.74) is 0.888. The standard InChI is InChI=1S/C16H18N4O3/c21-12-19-8-10-20(11-9-19)15(22)7-6-14-17-16(18-23-14)13-4-2-1-3-5-13/h1-5,12H,6-11H2. The third kappa shape index (κ3) is 3.74. The number of carbonyl (C=O) groups excluding carboxylic acids is 2. The van der Waals surface area contributed by atoms with E-state index in [1.54, 1.807) is 9.80 Å². The number of benzene rings is 1. The molecule has 0 spiro atoms. The molecule has 7 heteroatoms. The van der Waals surface area contributed by atoms with Crippen LogP contribution in [0.25, 0.3) is 11.4 Å². The van der Waals surface area contributed by atoms with E-state index in [2.05, 4.69) is 10.1 Å². The minimum atomic E-state index is 0.0509. The summed E-state index contributed by atoms with van der Waals surface area (Å²) in [6.07, 6.45) is 1.58. The van der Waals surface area contributed by atoms with Gasteiger partial charge in [0.2, 0.25) is 24.0 Å². The van der Waals surface area contributed by atoms with Crippen LogP contribution in [0.3, 0.4) is 0 Å². The first-order chi connectivity index (χ1) is 11.3. The second-order valence-corrected chi connectivity index (χ2v) is 5.40. The highest BCUT2D eigenvalue weighted by atomic mass is 16.5. The summed E-state index contributed by atoms with van der Waals surface area (Å²) in [6.45, 7) is 2.34. The van der Waals surface area contributed by atoms with Crippen LogP contribution in [-0.4, -0.2) is 58.4 Å². The molecule has 0 bridgehead atoms. The van der Waals surface area contributed by atoms with Crippen molar-refractivity contribution >= 4 is 12.3 Å². The fraction of sp³-hybridized carbons (Fsp3) is 0.375. The van der Waals surface area contributed by atoms with Crippen molar-refractivity contribution in [2.75, 3.05) is 26.2 Å². The molecule has 0 aliphatic carbocycles. The number of aryl methyl sites for hydroxylation is 1. The maximum Gasteiger partial charge on any atom is 0.227 e. The Bertz CT molecular complexity index is 663. The highest BCUT2D eigenvalue weighted by Crippen LogP contribution is 2.15. The molecule has 1 aliphatic rings. The first-order valence-corrected chi connectivity index (χ1v) is 7.61. The SMILES string of the molecule is O=CN1CCN(C(=O)CCc2nc(-c3ccccc3)no2)CC1. The lowest BCUT2D eigenvalue weighted by Gasteiger charge is -2.32. The smallest absolute Gasteiger partial charge is 0.227 e. The lowest BCUT2D eigenvalue weighted by Crippen LogP contribution is -2.48. The first kappa shape index (κ1) is 15.2. The van der Waals surface area contributed by atoms with Gasteiger partial charge in [-0.15, -0.1) is 0 Å². The van der Waals surface area contributed by atoms with E-state index in [1.165, 1.54) is 0 Å². The summed E-state index contributed by atoms with van der Waals surface area (Å²) in [6, 6.07) is 9.56. The van der Waals surface area contributed by atoms with E-state index < -0.39 is 0 Å². The van der Waals surface area contributed by atoms with Gasteiger partial charge in [-0.2, -0.15) is 4.98 Å². The van der Waals surface area contributed by atoms with Crippen molar-refractivity contribution in [3.05, 3.63) is 36.2 Å². The van der Waals surface area contributed by atoms with Crippen LogP contribution in [-0.2, 0) is 16.0 Å². The van der Waals surface area contributed by atoms with E-state index in [4.69, 9.17) is 4.52 Å². The van der Waals surface area contributed by atoms with Crippen molar-refractivity contribution in [3.8, 4) is 11.4 Å². The monoisotopic (exact) mass is 314 g/mol. The van der Waals surface area contributed by atoms with Gasteiger partial charge < -0.3 is 14.3 Å². The third-order valence-electron chi connectivity index (χ3n) is 3.87. The summed E-state index contributed by atoms with van der Waals surface area (Å²) in [7, 11) is 0. The Labute approximate surface area is 133 Å². The van der Waals surface area contributed by atoms with E-state index in [9.17, 15) is 9.59 Å². The van der Waals surface area contributed by atoms with Gasteiger partial charge in [-0.1, -0.05) is 35.5 Å². The van der Waals surface area contributed by atoms with Gasteiger partial charge in [-0.05, 0) is 0 Å². The van der Waals surface area contributed by atoms with Crippen molar-refractivity contribution in [2.24, 2.45) is 0 Å². The predicted molar refractivity (Wildman–Crippen MR) is 82.3 cm³/mol. The first-order valence-electron chi connectivity index (χ1n) is 7.61. The molecule has 2 amide bonds. The topological polar surface area (TPSA) is 79.5 Å². The Kier molecular flexibility index (Phi) is 4.65. The van der Waals surface area contributed by atoms with Gasteiger partial charge in [0.1, 0.15) is 0 Å². The molecule has 2 heterocycles. The van der Waals surface area contributed by atoms with Crippen LogP contribution in [0.2, 0.25) is 0 Å². The minimum absolute atomic E-state index is 0.0509. The molecular formula is C16H18N4O3. The molecule has 3 rings (SSSR count). The molecule has 0 saturated carbocycles. The largest absolute Gasteiger partial charge is 0.342 e. The number of carbonyl (C=O) groups is 2. The van der Waals surface area contributed by atoms with Crippen LogP contribution in [0.15, 0.2) is 34.9 Å². The maximum absolute atomic E-state index is 12.2. The second-order valence-electron chi connectivity index (χ2n) is 5.40. The Hall–Kier alpha value is -2.70. The minimum Gasteiger partial charge on any atom is -0.342 e. The van der Waals surface area contributed by atoms with Crippen molar-refractivity contribution in [3.63, 3.8) is 0 Å². The number of amides is 2. The highest BCUT2D eigenvalue weighted by molar-refractivity contribution is 5.76. The van der Waals surface area contributed by atoms with Crippen LogP contribution >= 0.6 is 0 Å². The van der Waals surface area contributed by atoms with Crippen LogP contribution in [0, 0.1) is 0 Å². The summed E-state index contributed by atoms with van der Waals surface area (Å²) in [5, 5.41) is 3.94. The number of nitrogens with zero attached hydrogens (tertiary/aromatic N) is 4. The summed E-state index contributed by atoms with van der Waals surface area (Å²) < 4.78 is 5.20. The highest BCUT2D eigenvalue weighted by Gasteiger charge is 2.20.